The Kier molecular flexibility index (Phi) is 7.61. The summed E-state index contributed by atoms with van der Waals surface area (Å²) in [5.41, 5.74) is -0.0840. The molecule has 144 valence electrons. The maximum Gasteiger partial charge on any atom is 0.410 e. The molecular formula is C19H27NO6. The zero-order valence-corrected chi connectivity index (χ0v) is 16.2. The van der Waals surface area contributed by atoms with Crippen molar-refractivity contribution < 1.29 is 28.6 Å². The number of nitrogens with zero attached hydrogens (tertiary/aromatic N) is 1. The highest BCUT2D eigenvalue weighted by Crippen LogP contribution is 2.26. The second-order valence-corrected chi connectivity index (χ2v) is 6.81. The molecule has 0 N–H and O–H groups in total. The summed E-state index contributed by atoms with van der Waals surface area (Å²) >= 11 is 0. The first-order valence-electron chi connectivity index (χ1n) is 8.28. The summed E-state index contributed by atoms with van der Waals surface area (Å²) in [4.78, 5) is 37.8. The van der Waals surface area contributed by atoms with E-state index in [2.05, 4.69) is 4.74 Å². The zero-order valence-electron chi connectivity index (χ0n) is 16.2. The number of Topliss-reactive ketones (excluding diaryl/α,β-unsaturated/α-hetero) is 1. The second kappa shape index (κ2) is 9.22. The molecule has 1 rings (SSSR count). The van der Waals surface area contributed by atoms with Gasteiger partial charge in [-0.05, 0) is 38.5 Å². The first-order chi connectivity index (χ1) is 12.1. The molecule has 0 heterocycles. The highest BCUT2D eigenvalue weighted by molar-refractivity contribution is 5.90. The molecule has 1 aromatic rings. The van der Waals surface area contributed by atoms with Crippen molar-refractivity contribution in [3.63, 3.8) is 0 Å². The van der Waals surface area contributed by atoms with Crippen LogP contribution >= 0.6 is 0 Å². The fourth-order valence-electron chi connectivity index (χ4n) is 2.32. The van der Waals surface area contributed by atoms with E-state index >= 15 is 0 Å². The van der Waals surface area contributed by atoms with Gasteiger partial charge in [0.2, 0.25) is 0 Å². The molecule has 0 saturated heterocycles. The Hall–Kier alpha value is -2.57. The van der Waals surface area contributed by atoms with Crippen LogP contribution < -0.4 is 4.74 Å². The topological polar surface area (TPSA) is 82.1 Å². The minimum atomic E-state index is -0.875. The van der Waals surface area contributed by atoms with Crippen LogP contribution in [0.3, 0.4) is 0 Å². The Morgan fingerprint density at radius 3 is 2.08 bits per heavy atom. The molecule has 0 fully saturated rings. The largest absolute Gasteiger partial charge is 0.497 e. The fourth-order valence-corrected chi connectivity index (χ4v) is 2.32. The van der Waals surface area contributed by atoms with Crippen LogP contribution in [0.4, 0.5) is 4.79 Å². The number of likely N-dealkylation sites (N-methyl/N-ethyl adjacent to an activating group) is 1. The van der Waals surface area contributed by atoms with Gasteiger partial charge in [0.25, 0.3) is 0 Å². The van der Waals surface area contributed by atoms with Crippen LogP contribution in [0.15, 0.2) is 24.3 Å². The van der Waals surface area contributed by atoms with Crippen molar-refractivity contribution in [2.75, 3.05) is 21.3 Å². The number of benzene rings is 1. The third kappa shape index (κ3) is 6.38. The summed E-state index contributed by atoms with van der Waals surface area (Å²) in [6.45, 7) is 5.25. The number of ether oxygens (including phenoxy) is 3. The number of hydrogen-bond acceptors (Lipinski definition) is 6. The number of carbonyl (C=O) groups excluding carboxylic acids is 3. The van der Waals surface area contributed by atoms with Crippen molar-refractivity contribution in [1.82, 2.24) is 4.90 Å². The standard InChI is InChI=1S/C19H27NO6/c1-19(2,3)26-18(23)20(4)17(15(21)11-12-16(22)25-6)13-7-9-14(24-5)10-8-13/h7-10,17H,11-12H2,1-6H3/t17-/m0/s1. The quantitative estimate of drug-likeness (QED) is 0.691. The van der Waals surface area contributed by atoms with Gasteiger partial charge in [-0.3, -0.25) is 14.5 Å². The van der Waals surface area contributed by atoms with Crippen LogP contribution in [0.2, 0.25) is 0 Å². The Labute approximate surface area is 154 Å². The van der Waals surface area contributed by atoms with Gasteiger partial charge >= 0.3 is 12.1 Å². The number of amides is 1. The van der Waals surface area contributed by atoms with Gasteiger partial charge in [0, 0.05) is 13.5 Å². The normalized spacial score (nSPS) is 12.1. The maximum absolute atomic E-state index is 12.7. The lowest BCUT2D eigenvalue weighted by molar-refractivity contribution is -0.142. The molecule has 0 radical (unpaired) electrons. The van der Waals surface area contributed by atoms with Gasteiger partial charge in [0.05, 0.1) is 20.6 Å². The van der Waals surface area contributed by atoms with E-state index in [1.54, 1.807) is 52.1 Å². The molecule has 1 aromatic carbocycles. The molecule has 0 aliphatic carbocycles. The monoisotopic (exact) mass is 365 g/mol. The Balaban J connectivity index is 3.08. The average Bonchev–Trinajstić information content (AvgIpc) is 2.58. The van der Waals surface area contributed by atoms with E-state index in [4.69, 9.17) is 9.47 Å². The van der Waals surface area contributed by atoms with Crippen molar-refractivity contribution in [3.05, 3.63) is 29.8 Å². The third-order valence-corrected chi connectivity index (χ3v) is 3.61. The summed E-state index contributed by atoms with van der Waals surface area (Å²) in [6, 6.07) is 5.96. The molecule has 0 aromatic heterocycles. The lowest BCUT2D eigenvalue weighted by Crippen LogP contribution is -2.39. The summed E-state index contributed by atoms with van der Waals surface area (Å²) in [7, 11) is 4.31. The van der Waals surface area contributed by atoms with E-state index in [-0.39, 0.29) is 18.6 Å². The highest BCUT2D eigenvalue weighted by Gasteiger charge is 2.31. The second-order valence-electron chi connectivity index (χ2n) is 6.81. The molecule has 1 atom stereocenters. The minimum absolute atomic E-state index is 0.0451. The van der Waals surface area contributed by atoms with Gasteiger partial charge in [-0.25, -0.2) is 4.79 Å². The van der Waals surface area contributed by atoms with Crippen LogP contribution in [-0.2, 0) is 19.1 Å². The summed E-state index contributed by atoms with van der Waals surface area (Å²) in [6.07, 6.45) is -0.717. The number of rotatable bonds is 7. The molecule has 0 aliphatic heterocycles. The van der Waals surface area contributed by atoms with Crippen LogP contribution in [0, 0.1) is 0 Å². The van der Waals surface area contributed by atoms with Crippen LogP contribution in [0.1, 0.15) is 45.2 Å². The fraction of sp³-hybridized carbons (Fsp3) is 0.526. The summed E-state index contributed by atoms with van der Waals surface area (Å²) in [5.74, 6) is -0.130. The first kappa shape index (κ1) is 21.5. The van der Waals surface area contributed by atoms with Crippen molar-refractivity contribution in [3.8, 4) is 5.75 Å². The molecule has 7 heteroatoms. The maximum atomic E-state index is 12.7. The van der Waals surface area contributed by atoms with E-state index in [0.29, 0.717) is 11.3 Å². The smallest absolute Gasteiger partial charge is 0.410 e. The van der Waals surface area contributed by atoms with Crippen molar-refractivity contribution >= 4 is 17.8 Å². The lowest BCUT2D eigenvalue weighted by Gasteiger charge is -2.30. The van der Waals surface area contributed by atoms with Gasteiger partial charge in [-0.2, -0.15) is 0 Å². The van der Waals surface area contributed by atoms with Gasteiger partial charge in [0.1, 0.15) is 17.4 Å². The summed E-state index contributed by atoms with van der Waals surface area (Å²) < 4.78 is 15.1. The van der Waals surface area contributed by atoms with E-state index in [9.17, 15) is 14.4 Å². The number of ketones is 1. The van der Waals surface area contributed by atoms with Crippen molar-refractivity contribution in [1.29, 1.82) is 0 Å². The van der Waals surface area contributed by atoms with Gasteiger partial charge in [-0.1, -0.05) is 12.1 Å². The van der Waals surface area contributed by atoms with Crippen LogP contribution in [0.5, 0.6) is 5.75 Å². The minimum Gasteiger partial charge on any atom is -0.497 e. The average molecular weight is 365 g/mol. The predicted molar refractivity (Wildman–Crippen MR) is 96.0 cm³/mol. The summed E-state index contributed by atoms with van der Waals surface area (Å²) in [5, 5.41) is 0. The number of methoxy groups -OCH3 is 2. The molecule has 26 heavy (non-hydrogen) atoms. The Bertz CT molecular complexity index is 632. The predicted octanol–water partition coefficient (Wildman–Crippen LogP) is 3.13. The van der Waals surface area contributed by atoms with E-state index < -0.39 is 23.7 Å². The van der Waals surface area contributed by atoms with Gasteiger partial charge < -0.3 is 14.2 Å². The Morgan fingerprint density at radius 2 is 1.62 bits per heavy atom. The molecule has 0 saturated carbocycles. The molecule has 0 aliphatic rings. The number of carbonyl (C=O) groups is 3. The van der Waals surface area contributed by atoms with Gasteiger partial charge in [0.15, 0.2) is 5.78 Å². The number of esters is 1. The molecular weight excluding hydrogens is 338 g/mol. The molecule has 0 bridgehead atoms. The van der Waals surface area contributed by atoms with E-state index in [0.717, 1.165) is 0 Å². The zero-order chi connectivity index (χ0) is 19.9. The Morgan fingerprint density at radius 1 is 1.04 bits per heavy atom. The first-order valence-corrected chi connectivity index (χ1v) is 8.28. The van der Waals surface area contributed by atoms with Crippen molar-refractivity contribution in [2.24, 2.45) is 0 Å². The third-order valence-electron chi connectivity index (χ3n) is 3.61. The SMILES string of the molecule is COC(=O)CCC(=O)[C@H](c1ccc(OC)cc1)N(C)C(=O)OC(C)(C)C. The van der Waals surface area contributed by atoms with Crippen molar-refractivity contribution in [2.45, 2.75) is 45.3 Å². The lowest BCUT2D eigenvalue weighted by atomic mass is 9.98. The van der Waals surface area contributed by atoms with Crippen LogP contribution in [-0.4, -0.2) is 49.6 Å². The van der Waals surface area contributed by atoms with E-state index in [1.807, 2.05) is 0 Å². The molecule has 0 spiro atoms. The number of hydrogen-bond donors (Lipinski definition) is 0. The highest BCUT2D eigenvalue weighted by atomic mass is 16.6. The van der Waals surface area contributed by atoms with Gasteiger partial charge in [-0.15, -0.1) is 0 Å². The molecule has 7 nitrogen and oxygen atoms in total. The molecule has 0 unspecified atom stereocenters. The molecule has 1 amide bonds. The van der Waals surface area contributed by atoms with E-state index in [1.165, 1.54) is 19.1 Å². The van der Waals surface area contributed by atoms with Crippen LogP contribution in [0.25, 0.3) is 0 Å².